The predicted molar refractivity (Wildman–Crippen MR) is 107 cm³/mol. The lowest BCUT2D eigenvalue weighted by molar-refractivity contribution is -0.130. The standard InChI is InChI=1S/C20H23ClN2O2S/c1-25-19-8-7-17(21)13-16(19)14-22-9-11-23(12-10-22)20(24)15-26-18-5-3-2-4-6-18/h2-8,13H,9-12,14-15H2,1H3. The zero-order chi connectivity index (χ0) is 18.4. The van der Waals surface area contributed by atoms with Crippen molar-refractivity contribution in [2.45, 2.75) is 11.4 Å². The predicted octanol–water partition coefficient (Wildman–Crippen LogP) is 3.79. The normalized spacial score (nSPS) is 15.1. The van der Waals surface area contributed by atoms with Crippen molar-refractivity contribution in [3.63, 3.8) is 0 Å². The highest BCUT2D eigenvalue weighted by Crippen LogP contribution is 2.24. The quantitative estimate of drug-likeness (QED) is 0.702. The molecule has 0 N–H and O–H groups in total. The number of benzene rings is 2. The molecule has 0 radical (unpaired) electrons. The molecule has 0 aromatic heterocycles. The van der Waals surface area contributed by atoms with Crippen molar-refractivity contribution < 1.29 is 9.53 Å². The Labute approximate surface area is 164 Å². The molecule has 0 spiro atoms. The van der Waals surface area contributed by atoms with Crippen LogP contribution in [0.15, 0.2) is 53.4 Å². The van der Waals surface area contributed by atoms with Gasteiger partial charge in [-0.25, -0.2) is 0 Å². The number of rotatable bonds is 6. The molecule has 6 heteroatoms. The van der Waals surface area contributed by atoms with Crippen LogP contribution in [0.2, 0.25) is 5.02 Å². The van der Waals surface area contributed by atoms with Crippen molar-refractivity contribution >= 4 is 29.3 Å². The van der Waals surface area contributed by atoms with Crippen molar-refractivity contribution in [3.8, 4) is 5.75 Å². The lowest BCUT2D eigenvalue weighted by atomic mass is 10.1. The first-order valence-electron chi connectivity index (χ1n) is 8.66. The second-order valence-corrected chi connectivity index (χ2v) is 7.70. The molecule has 0 atom stereocenters. The first-order chi connectivity index (χ1) is 12.7. The van der Waals surface area contributed by atoms with Crippen LogP contribution in [0.1, 0.15) is 5.56 Å². The fourth-order valence-electron chi connectivity index (χ4n) is 3.02. The molecule has 1 aliphatic heterocycles. The Kier molecular flexibility index (Phi) is 6.83. The summed E-state index contributed by atoms with van der Waals surface area (Å²) >= 11 is 7.71. The number of hydrogen-bond acceptors (Lipinski definition) is 4. The molecule has 0 unspecified atom stereocenters. The van der Waals surface area contributed by atoms with Gasteiger partial charge in [0.1, 0.15) is 5.75 Å². The summed E-state index contributed by atoms with van der Waals surface area (Å²) in [7, 11) is 1.67. The fraction of sp³-hybridized carbons (Fsp3) is 0.350. The van der Waals surface area contributed by atoms with E-state index < -0.39 is 0 Å². The smallest absolute Gasteiger partial charge is 0.233 e. The summed E-state index contributed by atoms with van der Waals surface area (Å²) in [6.45, 7) is 4.02. The molecular formula is C20H23ClN2O2S. The van der Waals surface area contributed by atoms with Gasteiger partial charge in [-0.15, -0.1) is 11.8 Å². The van der Waals surface area contributed by atoms with Crippen LogP contribution in [-0.4, -0.2) is 54.7 Å². The third kappa shape index (κ3) is 5.16. The average molecular weight is 391 g/mol. The zero-order valence-corrected chi connectivity index (χ0v) is 16.4. The minimum Gasteiger partial charge on any atom is -0.496 e. The summed E-state index contributed by atoms with van der Waals surface area (Å²) in [5.41, 5.74) is 1.08. The molecule has 1 heterocycles. The van der Waals surface area contributed by atoms with Crippen molar-refractivity contribution in [2.75, 3.05) is 39.0 Å². The van der Waals surface area contributed by atoms with Crippen molar-refractivity contribution in [1.82, 2.24) is 9.80 Å². The van der Waals surface area contributed by atoms with Gasteiger partial charge in [-0.3, -0.25) is 9.69 Å². The molecule has 0 aliphatic carbocycles. The van der Waals surface area contributed by atoms with E-state index in [9.17, 15) is 4.79 Å². The minimum absolute atomic E-state index is 0.207. The van der Waals surface area contributed by atoms with Gasteiger partial charge >= 0.3 is 0 Å². The van der Waals surface area contributed by atoms with Crippen LogP contribution in [-0.2, 0) is 11.3 Å². The van der Waals surface area contributed by atoms with E-state index in [-0.39, 0.29) is 5.91 Å². The Bertz CT molecular complexity index is 734. The number of methoxy groups -OCH3 is 1. The first-order valence-corrected chi connectivity index (χ1v) is 10.0. The van der Waals surface area contributed by atoms with E-state index in [0.29, 0.717) is 10.8 Å². The van der Waals surface area contributed by atoms with Crippen LogP contribution < -0.4 is 4.74 Å². The number of carbonyl (C=O) groups excluding carboxylic acids is 1. The number of carbonyl (C=O) groups is 1. The molecule has 138 valence electrons. The van der Waals surface area contributed by atoms with Gasteiger partial charge in [0.15, 0.2) is 0 Å². The van der Waals surface area contributed by atoms with Gasteiger partial charge in [0, 0.05) is 48.2 Å². The number of ether oxygens (including phenoxy) is 1. The Morgan fingerprint density at radius 2 is 1.85 bits per heavy atom. The fourth-order valence-corrected chi connectivity index (χ4v) is 4.04. The maximum absolute atomic E-state index is 12.4. The number of amides is 1. The average Bonchev–Trinajstić information content (AvgIpc) is 2.68. The molecule has 0 saturated carbocycles. The molecule has 0 bridgehead atoms. The molecule has 1 amide bonds. The van der Waals surface area contributed by atoms with E-state index in [2.05, 4.69) is 4.90 Å². The van der Waals surface area contributed by atoms with E-state index in [1.807, 2.05) is 53.4 Å². The van der Waals surface area contributed by atoms with Crippen LogP contribution in [0.4, 0.5) is 0 Å². The third-order valence-corrected chi connectivity index (χ3v) is 5.70. The molecule has 4 nitrogen and oxygen atoms in total. The Balaban J connectivity index is 1.48. The lowest BCUT2D eigenvalue weighted by Crippen LogP contribution is -2.48. The topological polar surface area (TPSA) is 32.8 Å². The second-order valence-electron chi connectivity index (χ2n) is 6.21. The maximum atomic E-state index is 12.4. The molecule has 1 aliphatic rings. The van der Waals surface area contributed by atoms with Gasteiger partial charge in [-0.05, 0) is 30.3 Å². The first kappa shape index (κ1) is 19.1. The molecule has 3 rings (SSSR count). The second kappa shape index (κ2) is 9.31. The van der Waals surface area contributed by atoms with Gasteiger partial charge in [0.05, 0.1) is 12.9 Å². The van der Waals surface area contributed by atoms with Gasteiger partial charge in [0.2, 0.25) is 5.91 Å². The molecule has 26 heavy (non-hydrogen) atoms. The van der Waals surface area contributed by atoms with Crippen LogP contribution in [0, 0.1) is 0 Å². The summed E-state index contributed by atoms with van der Waals surface area (Å²) in [6.07, 6.45) is 0. The van der Waals surface area contributed by atoms with E-state index in [1.54, 1.807) is 18.9 Å². The van der Waals surface area contributed by atoms with Crippen LogP contribution >= 0.6 is 23.4 Å². The van der Waals surface area contributed by atoms with E-state index >= 15 is 0 Å². The van der Waals surface area contributed by atoms with Gasteiger partial charge in [0.25, 0.3) is 0 Å². The Hall–Kier alpha value is -1.69. The highest BCUT2D eigenvalue weighted by molar-refractivity contribution is 8.00. The summed E-state index contributed by atoms with van der Waals surface area (Å²) < 4.78 is 5.42. The summed E-state index contributed by atoms with van der Waals surface area (Å²) in [5.74, 6) is 1.55. The molecular weight excluding hydrogens is 368 g/mol. The van der Waals surface area contributed by atoms with E-state index in [4.69, 9.17) is 16.3 Å². The van der Waals surface area contributed by atoms with E-state index in [0.717, 1.165) is 48.9 Å². The highest BCUT2D eigenvalue weighted by Gasteiger charge is 2.22. The highest BCUT2D eigenvalue weighted by atomic mass is 35.5. The van der Waals surface area contributed by atoms with Crippen molar-refractivity contribution in [1.29, 1.82) is 0 Å². The Morgan fingerprint density at radius 3 is 2.54 bits per heavy atom. The van der Waals surface area contributed by atoms with E-state index in [1.165, 1.54) is 0 Å². The summed E-state index contributed by atoms with van der Waals surface area (Å²) in [5, 5.41) is 0.715. The van der Waals surface area contributed by atoms with Crippen molar-refractivity contribution in [3.05, 3.63) is 59.1 Å². The number of nitrogens with zero attached hydrogens (tertiary/aromatic N) is 2. The summed E-state index contributed by atoms with van der Waals surface area (Å²) in [6, 6.07) is 15.7. The van der Waals surface area contributed by atoms with Gasteiger partial charge in [-0.1, -0.05) is 29.8 Å². The Morgan fingerprint density at radius 1 is 1.12 bits per heavy atom. The number of piperazine rings is 1. The monoisotopic (exact) mass is 390 g/mol. The zero-order valence-electron chi connectivity index (χ0n) is 14.9. The minimum atomic E-state index is 0.207. The number of halogens is 1. The maximum Gasteiger partial charge on any atom is 0.233 e. The number of thioether (sulfide) groups is 1. The number of hydrogen-bond donors (Lipinski definition) is 0. The van der Waals surface area contributed by atoms with Crippen molar-refractivity contribution in [2.24, 2.45) is 0 Å². The molecule has 1 fully saturated rings. The van der Waals surface area contributed by atoms with Gasteiger partial charge < -0.3 is 9.64 Å². The molecule has 1 saturated heterocycles. The molecule has 2 aromatic carbocycles. The van der Waals surface area contributed by atoms with Crippen LogP contribution in [0.25, 0.3) is 0 Å². The van der Waals surface area contributed by atoms with Gasteiger partial charge in [-0.2, -0.15) is 0 Å². The lowest BCUT2D eigenvalue weighted by Gasteiger charge is -2.35. The summed E-state index contributed by atoms with van der Waals surface area (Å²) in [4.78, 5) is 17.9. The SMILES string of the molecule is COc1ccc(Cl)cc1CN1CCN(C(=O)CSc2ccccc2)CC1. The third-order valence-electron chi connectivity index (χ3n) is 4.47. The van der Waals surface area contributed by atoms with Crippen LogP contribution in [0.3, 0.4) is 0 Å². The largest absolute Gasteiger partial charge is 0.496 e. The van der Waals surface area contributed by atoms with Crippen LogP contribution in [0.5, 0.6) is 5.75 Å². The molecule has 2 aromatic rings.